The predicted octanol–water partition coefficient (Wildman–Crippen LogP) is 2.37. The molecule has 2 aliphatic heterocycles. The Bertz CT molecular complexity index is 565. The van der Waals surface area contributed by atoms with E-state index in [1.165, 1.54) is 0 Å². The van der Waals surface area contributed by atoms with Gasteiger partial charge >= 0.3 is 0 Å². The van der Waals surface area contributed by atoms with Gasteiger partial charge in [-0.1, -0.05) is 11.6 Å². The summed E-state index contributed by atoms with van der Waals surface area (Å²) < 4.78 is 16.4. The van der Waals surface area contributed by atoms with Crippen LogP contribution in [0.25, 0.3) is 0 Å². The summed E-state index contributed by atoms with van der Waals surface area (Å²) in [4.78, 5) is 14.7. The summed E-state index contributed by atoms with van der Waals surface area (Å²) in [6.45, 7) is 1.34. The molecule has 0 aliphatic carbocycles. The van der Waals surface area contributed by atoms with Gasteiger partial charge < -0.3 is 19.1 Å². The number of methoxy groups -OCH3 is 2. The van der Waals surface area contributed by atoms with Crippen LogP contribution in [0.1, 0.15) is 23.2 Å². The molecule has 0 aromatic heterocycles. The number of fused-ring (bicyclic) bond motifs is 1. The lowest BCUT2D eigenvalue weighted by atomic mass is 9.94. The second-order valence-electron chi connectivity index (χ2n) is 5.60. The Labute approximate surface area is 135 Å². The van der Waals surface area contributed by atoms with Crippen molar-refractivity contribution in [2.24, 2.45) is 0 Å². The van der Waals surface area contributed by atoms with Gasteiger partial charge in [-0.05, 0) is 31.0 Å². The molecule has 1 aromatic carbocycles. The van der Waals surface area contributed by atoms with E-state index in [4.69, 9.17) is 25.8 Å². The molecule has 2 aliphatic rings. The van der Waals surface area contributed by atoms with Gasteiger partial charge in [-0.25, -0.2) is 0 Å². The van der Waals surface area contributed by atoms with Gasteiger partial charge in [0.05, 0.1) is 24.3 Å². The first-order valence-electron chi connectivity index (χ1n) is 7.44. The highest BCUT2D eigenvalue weighted by molar-refractivity contribution is 6.32. The minimum atomic E-state index is -0.0311. The highest BCUT2D eigenvalue weighted by Crippen LogP contribution is 2.32. The third-order valence-corrected chi connectivity index (χ3v) is 4.78. The number of hydrogen-bond donors (Lipinski definition) is 0. The molecule has 2 fully saturated rings. The van der Waals surface area contributed by atoms with Gasteiger partial charge in [0.15, 0.2) is 0 Å². The Morgan fingerprint density at radius 3 is 2.86 bits per heavy atom. The highest BCUT2D eigenvalue weighted by Gasteiger charge is 2.44. The molecule has 0 unspecified atom stereocenters. The van der Waals surface area contributed by atoms with Crippen LogP contribution in [0.4, 0.5) is 0 Å². The third-order valence-electron chi connectivity index (χ3n) is 4.49. The van der Waals surface area contributed by atoms with Crippen molar-refractivity contribution in [1.82, 2.24) is 4.90 Å². The molecule has 5 nitrogen and oxygen atoms in total. The predicted molar refractivity (Wildman–Crippen MR) is 82.6 cm³/mol. The van der Waals surface area contributed by atoms with Crippen molar-refractivity contribution in [3.63, 3.8) is 0 Å². The maximum Gasteiger partial charge on any atom is 0.254 e. The van der Waals surface area contributed by atoms with E-state index in [1.807, 2.05) is 4.90 Å². The standard InChI is InChI=1S/C16H20ClNO4/c1-20-13-4-3-10(9-11(13)17)16(19)18-7-5-14(21-2)15-12(18)6-8-22-15/h3-4,9,12,14-15H,5-8H2,1-2H3/t12-,14-,15-/m0/s1. The van der Waals surface area contributed by atoms with Gasteiger partial charge in [-0.3, -0.25) is 4.79 Å². The molecule has 0 bridgehead atoms. The van der Waals surface area contributed by atoms with Gasteiger partial charge in [-0.2, -0.15) is 0 Å². The molecule has 0 N–H and O–H groups in total. The first kappa shape index (κ1) is 15.6. The van der Waals surface area contributed by atoms with Crippen molar-refractivity contribution in [2.75, 3.05) is 27.4 Å². The molecule has 3 rings (SSSR count). The van der Waals surface area contributed by atoms with Crippen LogP contribution >= 0.6 is 11.6 Å². The molecule has 6 heteroatoms. The highest BCUT2D eigenvalue weighted by atomic mass is 35.5. The van der Waals surface area contributed by atoms with E-state index in [9.17, 15) is 4.79 Å². The van der Waals surface area contributed by atoms with Crippen LogP contribution in [0.5, 0.6) is 5.75 Å². The average Bonchev–Trinajstić information content (AvgIpc) is 3.02. The summed E-state index contributed by atoms with van der Waals surface area (Å²) in [6, 6.07) is 5.21. The molecule has 0 radical (unpaired) electrons. The van der Waals surface area contributed by atoms with Crippen LogP contribution in [0, 0.1) is 0 Å². The van der Waals surface area contributed by atoms with Crippen molar-refractivity contribution in [3.8, 4) is 5.75 Å². The minimum Gasteiger partial charge on any atom is -0.495 e. The number of amides is 1. The number of carbonyl (C=O) groups is 1. The molecule has 22 heavy (non-hydrogen) atoms. The van der Waals surface area contributed by atoms with Crippen molar-refractivity contribution in [1.29, 1.82) is 0 Å². The Morgan fingerprint density at radius 2 is 2.18 bits per heavy atom. The Kier molecular flexibility index (Phi) is 4.57. The van der Waals surface area contributed by atoms with Crippen molar-refractivity contribution < 1.29 is 19.0 Å². The van der Waals surface area contributed by atoms with Crippen LogP contribution in [-0.4, -0.2) is 56.4 Å². The van der Waals surface area contributed by atoms with Crippen LogP contribution in [0.3, 0.4) is 0 Å². The molecule has 120 valence electrons. The molecule has 1 amide bonds. The van der Waals surface area contributed by atoms with Crippen LogP contribution in [0.15, 0.2) is 18.2 Å². The Balaban J connectivity index is 1.81. The molecule has 2 saturated heterocycles. The van der Waals surface area contributed by atoms with Gasteiger partial charge in [0.25, 0.3) is 5.91 Å². The van der Waals surface area contributed by atoms with Gasteiger partial charge in [0, 0.05) is 25.8 Å². The van der Waals surface area contributed by atoms with Crippen LogP contribution < -0.4 is 4.74 Å². The van der Waals surface area contributed by atoms with Gasteiger partial charge in [0.1, 0.15) is 11.9 Å². The van der Waals surface area contributed by atoms with Crippen molar-refractivity contribution in [3.05, 3.63) is 28.8 Å². The summed E-state index contributed by atoms with van der Waals surface area (Å²) in [5.74, 6) is 0.554. The second kappa shape index (κ2) is 6.44. The Morgan fingerprint density at radius 1 is 1.36 bits per heavy atom. The van der Waals surface area contributed by atoms with Crippen molar-refractivity contribution >= 4 is 17.5 Å². The minimum absolute atomic E-state index is 0.0143. The molecular weight excluding hydrogens is 306 g/mol. The smallest absolute Gasteiger partial charge is 0.254 e. The maximum atomic E-state index is 12.8. The number of halogens is 1. The lowest BCUT2D eigenvalue weighted by Crippen LogP contribution is -2.55. The molecule has 1 aromatic rings. The van der Waals surface area contributed by atoms with E-state index in [-0.39, 0.29) is 24.2 Å². The van der Waals surface area contributed by atoms with E-state index in [0.717, 1.165) is 12.8 Å². The molecule has 2 heterocycles. The van der Waals surface area contributed by atoms with E-state index in [2.05, 4.69) is 0 Å². The number of benzene rings is 1. The first-order chi connectivity index (χ1) is 10.7. The lowest BCUT2D eigenvalue weighted by Gasteiger charge is -2.40. The Hall–Kier alpha value is -1.30. The lowest BCUT2D eigenvalue weighted by molar-refractivity contribution is -0.0754. The maximum absolute atomic E-state index is 12.8. The quantitative estimate of drug-likeness (QED) is 0.856. The zero-order chi connectivity index (χ0) is 15.7. The number of likely N-dealkylation sites (tertiary alicyclic amines) is 1. The largest absolute Gasteiger partial charge is 0.495 e. The third kappa shape index (κ3) is 2.69. The number of ether oxygens (including phenoxy) is 3. The van der Waals surface area contributed by atoms with Crippen molar-refractivity contribution in [2.45, 2.75) is 31.1 Å². The fourth-order valence-electron chi connectivity index (χ4n) is 3.35. The van der Waals surface area contributed by atoms with Crippen LogP contribution in [-0.2, 0) is 9.47 Å². The zero-order valence-electron chi connectivity index (χ0n) is 12.8. The van der Waals surface area contributed by atoms with E-state index in [1.54, 1.807) is 32.4 Å². The summed E-state index contributed by atoms with van der Waals surface area (Å²) in [5.41, 5.74) is 0.576. The first-order valence-corrected chi connectivity index (χ1v) is 7.82. The molecular formula is C16H20ClNO4. The number of hydrogen-bond acceptors (Lipinski definition) is 4. The van der Waals surface area contributed by atoms with E-state index >= 15 is 0 Å². The topological polar surface area (TPSA) is 48.0 Å². The molecule has 3 atom stereocenters. The SMILES string of the molecule is COc1ccc(C(=O)N2CC[C@H](OC)[C@H]3OCC[C@@H]32)cc1Cl. The number of piperidine rings is 1. The van der Waals surface area contributed by atoms with Crippen LogP contribution in [0.2, 0.25) is 5.02 Å². The molecule has 0 spiro atoms. The number of rotatable bonds is 3. The number of nitrogens with zero attached hydrogens (tertiary/aromatic N) is 1. The van der Waals surface area contributed by atoms with E-state index in [0.29, 0.717) is 29.5 Å². The normalized spacial score (nSPS) is 27.6. The van der Waals surface area contributed by atoms with E-state index < -0.39 is 0 Å². The summed E-state index contributed by atoms with van der Waals surface area (Å²) in [6.07, 6.45) is 1.67. The summed E-state index contributed by atoms with van der Waals surface area (Å²) in [7, 11) is 3.25. The van der Waals surface area contributed by atoms with Gasteiger partial charge in [-0.15, -0.1) is 0 Å². The fraction of sp³-hybridized carbons (Fsp3) is 0.562. The molecule has 0 saturated carbocycles. The monoisotopic (exact) mass is 325 g/mol. The second-order valence-corrected chi connectivity index (χ2v) is 6.01. The average molecular weight is 326 g/mol. The summed E-state index contributed by atoms with van der Waals surface area (Å²) in [5, 5.41) is 0.444. The van der Waals surface area contributed by atoms with Gasteiger partial charge in [0.2, 0.25) is 0 Å². The zero-order valence-corrected chi connectivity index (χ0v) is 13.5. The summed E-state index contributed by atoms with van der Waals surface area (Å²) >= 11 is 6.13. The fourth-order valence-corrected chi connectivity index (χ4v) is 3.61. The number of carbonyl (C=O) groups excluding carboxylic acids is 1.